The molecule has 0 saturated carbocycles. The first-order valence-corrected chi connectivity index (χ1v) is 9.52. The van der Waals surface area contributed by atoms with Crippen molar-refractivity contribution >= 4 is 32.3 Å². The molecule has 0 bridgehead atoms. The molecule has 0 fully saturated rings. The molecule has 0 radical (unpaired) electrons. The van der Waals surface area contributed by atoms with Crippen molar-refractivity contribution in [2.75, 3.05) is 0 Å². The first kappa shape index (κ1) is 19.1. The molecule has 4 aromatic carbocycles. The Kier molecular flexibility index (Phi) is 3.88. The van der Waals surface area contributed by atoms with Crippen LogP contribution in [0.2, 0.25) is 0 Å². The third-order valence-corrected chi connectivity index (χ3v) is 6.16. The molecule has 2 unspecified atom stereocenters. The highest BCUT2D eigenvalue weighted by Gasteiger charge is 2.66. The van der Waals surface area contributed by atoms with E-state index in [9.17, 15) is 30.6 Å². The summed E-state index contributed by atoms with van der Waals surface area (Å²) in [6.45, 7) is 0. The van der Waals surface area contributed by atoms with Gasteiger partial charge in [0.1, 0.15) is 6.10 Å². The minimum atomic E-state index is -3.49. The molecule has 0 heterocycles. The minimum Gasteiger partial charge on any atom is -0.383 e. The van der Waals surface area contributed by atoms with Gasteiger partial charge in [-0.25, -0.2) is 0 Å². The van der Waals surface area contributed by atoms with Crippen molar-refractivity contribution in [1.82, 2.24) is 0 Å². The van der Waals surface area contributed by atoms with Crippen LogP contribution in [-0.4, -0.2) is 48.3 Å². The standard InChI is InChI=1S/C24H20O6/c25-20-12-13-22(26,24(29,30)23(20,27)28)19-11-5-10-18-16-7-2-1-6-14(16)15-8-3-4-9-17(15)21(18)19/h1-13,20,25-30H. The third kappa shape index (κ3) is 2.23. The summed E-state index contributed by atoms with van der Waals surface area (Å²) in [5.74, 6) is -6.89. The minimum absolute atomic E-state index is 0.0718. The molecule has 6 nitrogen and oxygen atoms in total. The zero-order chi connectivity index (χ0) is 21.3. The smallest absolute Gasteiger partial charge is 0.259 e. The van der Waals surface area contributed by atoms with Crippen LogP contribution in [0.15, 0.2) is 78.9 Å². The van der Waals surface area contributed by atoms with Crippen molar-refractivity contribution in [3.8, 4) is 0 Å². The molecule has 5 rings (SSSR count). The molecule has 2 atom stereocenters. The summed E-state index contributed by atoms with van der Waals surface area (Å²) in [5, 5.41) is 68.0. The van der Waals surface area contributed by atoms with Gasteiger partial charge in [-0.15, -0.1) is 0 Å². The topological polar surface area (TPSA) is 121 Å². The molecule has 6 heteroatoms. The maximum atomic E-state index is 11.4. The van der Waals surface area contributed by atoms with E-state index in [1.165, 1.54) is 6.07 Å². The molecular formula is C24H20O6. The Morgan fingerprint density at radius 3 is 1.63 bits per heavy atom. The maximum Gasteiger partial charge on any atom is 0.259 e. The van der Waals surface area contributed by atoms with Crippen molar-refractivity contribution in [3.05, 3.63) is 84.4 Å². The van der Waals surface area contributed by atoms with E-state index in [1.54, 1.807) is 6.07 Å². The Morgan fingerprint density at radius 2 is 1.07 bits per heavy atom. The molecule has 0 spiro atoms. The van der Waals surface area contributed by atoms with Crippen molar-refractivity contribution in [1.29, 1.82) is 0 Å². The van der Waals surface area contributed by atoms with Crippen LogP contribution in [0.1, 0.15) is 5.56 Å². The van der Waals surface area contributed by atoms with E-state index in [1.807, 2.05) is 54.6 Å². The SMILES string of the molecule is OC1C=CC(O)(c2cccc3c4ccccc4c4ccccc4c23)C(O)(O)C1(O)O. The lowest BCUT2D eigenvalue weighted by Gasteiger charge is -2.49. The highest BCUT2D eigenvalue weighted by Crippen LogP contribution is 2.48. The molecule has 0 amide bonds. The summed E-state index contributed by atoms with van der Waals surface area (Å²) >= 11 is 0. The van der Waals surface area contributed by atoms with Crippen molar-refractivity contribution in [2.24, 2.45) is 0 Å². The van der Waals surface area contributed by atoms with Crippen LogP contribution in [0, 0.1) is 0 Å². The molecule has 6 N–H and O–H groups in total. The summed E-state index contributed by atoms with van der Waals surface area (Å²) in [6, 6.07) is 20.3. The summed E-state index contributed by atoms with van der Waals surface area (Å²) in [7, 11) is 0. The predicted octanol–water partition coefficient (Wildman–Crippen LogP) is 1.63. The largest absolute Gasteiger partial charge is 0.383 e. The van der Waals surface area contributed by atoms with Gasteiger partial charge in [0.15, 0.2) is 5.60 Å². The van der Waals surface area contributed by atoms with Crippen molar-refractivity contribution in [3.63, 3.8) is 0 Å². The quantitative estimate of drug-likeness (QED) is 0.163. The molecule has 4 aromatic rings. The van der Waals surface area contributed by atoms with Crippen molar-refractivity contribution < 1.29 is 30.6 Å². The summed E-state index contributed by atoms with van der Waals surface area (Å²) < 4.78 is 0. The number of aliphatic hydroxyl groups is 6. The van der Waals surface area contributed by atoms with E-state index in [2.05, 4.69) is 0 Å². The lowest BCUT2D eigenvalue weighted by molar-refractivity contribution is -0.424. The number of hydrogen-bond acceptors (Lipinski definition) is 6. The summed E-state index contributed by atoms with van der Waals surface area (Å²) in [6.07, 6.45) is -0.0752. The lowest BCUT2D eigenvalue weighted by Crippen LogP contribution is -2.71. The van der Waals surface area contributed by atoms with Gasteiger partial charge in [-0.1, -0.05) is 72.8 Å². The van der Waals surface area contributed by atoms with E-state index in [0.29, 0.717) is 5.39 Å². The zero-order valence-electron chi connectivity index (χ0n) is 15.8. The Balaban J connectivity index is 1.99. The summed E-state index contributed by atoms with van der Waals surface area (Å²) in [4.78, 5) is 0. The maximum absolute atomic E-state index is 11.4. The first-order valence-electron chi connectivity index (χ1n) is 9.52. The van der Waals surface area contributed by atoms with E-state index in [0.717, 1.165) is 39.1 Å². The Labute approximate surface area is 171 Å². The van der Waals surface area contributed by atoms with Crippen LogP contribution in [0.4, 0.5) is 0 Å². The average Bonchev–Trinajstić information content (AvgIpc) is 2.75. The predicted molar refractivity (Wildman–Crippen MR) is 112 cm³/mol. The van der Waals surface area contributed by atoms with Crippen LogP contribution in [-0.2, 0) is 5.60 Å². The van der Waals surface area contributed by atoms with Gasteiger partial charge in [-0.05, 0) is 38.4 Å². The first-order chi connectivity index (χ1) is 14.2. The highest BCUT2D eigenvalue weighted by atomic mass is 16.6. The van der Waals surface area contributed by atoms with Gasteiger partial charge in [0.05, 0.1) is 0 Å². The molecule has 0 saturated heterocycles. The second-order valence-corrected chi connectivity index (χ2v) is 7.79. The van der Waals surface area contributed by atoms with Gasteiger partial charge in [0.2, 0.25) is 0 Å². The zero-order valence-corrected chi connectivity index (χ0v) is 15.8. The number of rotatable bonds is 1. The fourth-order valence-electron chi connectivity index (χ4n) is 4.52. The van der Waals surface area contributed by atoms with E-state index < -0.39 is 23.3 Å². The van der Waals surface area contributed by atoms with Gasteiger partial charge in [-0.3, -0.25) is 0 Å². The lowest BCUT2D eigenvalue weighted by atomic mass is 9.72. The normalized spacial score (nSPS) is 25.2. The van der Waals surface area contributed by atoms with Gasteiger partial charge < -0.3 is 30.6 Å². The molecule has 152 valence electrons. The number of benzene rings is 4. The molecule has 0 aliphatic heterocycles. The molecule has 0 aromatic heterocycles. The number of fused-ring (bicyclic) bond motifs is 6. The molecule has 1 aliphatic carbocycles. The van der Waals surface area contributed by atoms with Crippen LogP contribution in [0.25, 0.3) is 32.3 Å². The molecule has 1 aliphatic rings. The van der Waals surface area contributed by atoms with Gasteiger partial charge in [0.25, 0.3) is 11.6 Å². The molecular weight excluding hydrogens is 384 g/mol. The Bertz CT molecular complexity index is 1290. The van der Waals surface area contributed by atoms with E-state index in [-0.39, 0.29) is 5.56 Å². The fraction of sp³-hybridized carbons (Fsp3) is 0.167. The number of aliphatic hydroxyl groups excluding tert-OH is 1. The molecule has 30 heavy (non-hydrogen) atoms. The van der Waals surface area contributed by atoms with Gasteiger partial charge >= 0.3 is 0 Å². The van der Waals surface area contributed by atoms with Crippen LogP contribution in [0.3, 0.4) is 0 Å². The fourth-order valence-corrected chi connectivity index (χ4v) is 4.52. The van der Waals surface area contributed by atoms with Gasteiger partial charge in [0, 0.05) is 5.56 Å². The second-order valence-electron chi connectivity index (χ2n) is 7.79. The average molecular weight is 404 g/mol. The monoisotopic (exact) mass is 404 g/mol. The van der Waals surface area contributed by atoms with Crippen LogP contribution in [0.5, 0.6) is 0 Å². The van der Waals surface area contributed by atoms with Gasteiger partial charge in [-0.2, -0.15) is 0 Å². The Morgan fingerprint density at radius 1 is 0.600 bits per heavy atom. The van der Waals surface area contributed by atoms with Crippen LogP contribution >= 0.6 is 0 Å². The Hall–Kier alpha value is -2.84. The third-order valence-electron chi connectivity index (χ3n) is 6.16. The summed E-state index contributed by atoms with van der Waals surface area (Å²) in [5.41, 5.74) is -2.54. The highest BCUT2D eigenvalue weighted by molar-refractivity contribution is 6.26. The van der Waals surface area contributed by atoms with E-state index >= 15 is 0 Å². The van der Waals surface area contributed by atoms with Crippen molar-refractivity contribution in [2.45, 2.75) is 23.3 Å². The second kappa shape index (κ2) is 6.09. The number of hydrogen-bond donors (Lipinski definition) is 6. The van der Waals surface area contributed by atoms with E-state index in [4.69, 9.17) is 0 Å². The van der Waals surface area contributed by atoms with Crippen LogP contribution < -0.4 is 0 Å².